The molecule has 0 aliphatic carbocycles. The second kappa shape index (κ2) is 9.33. The summed E-state index contributed by atoms with van der Waals surface area (Å²) in [5.74, 6) is -1.18. The van der Waals surface area contributed by atoms with Gasteiger partial charge in [-0.3, -0.25) is 9.69 Å². The molecule has 0 radical (unpaired) electrons. The number of carboxylic acids is 1. The van der Waals surface area contributed by atoms with Gasteiger partial charge in [0.1, 0.15) is 0 Å². The van der Waals surface area contributed by atoms with Crippen molar-refractivity contribution in [2.24, 2.45) is 4.99 Å². The molecule has 3 aromatic rings. The Morgan fingerprint density at radius 1 is 1.03 bits per heavy atom. The van der Waals surface area contributed by atoms with Gasteiger partial charge in [0.05, 0.1) is 34.3 Å². The average Bonchev–Trinajstić information content (AvgIpc) is 3.09. The van der Waals surface area contributed by atoms with E-state index < -0.39 is 5.97 Å². The van der Waals surface area contributed by atoms with Crippen LogP contribution in [0.5, 0.6) is 0 Å². The third kappa shape index (κ3) is 4.77. The number of aromatic carboxylic acids is 1. The first-order valence-electron chi connectivity index (χ1n) is 9.71. The first-order chi connectivity index (χ1) is 15.5. The Morgan fingerprint density at radius 3 is 2.34 bits per heavy atom. The van der Waals surface area contributed by atoms with Gasteiger partial charge in [-0.2, -0.15) is 5.26 Å². The third-order valence-corrected chi connectivity index (χ3v) is 5.75. The Bertz CT molecular complexity index is 1260. The lowest BCUT2D eigenvalue weighted by atomic mass is 10.1. The van der Waals surface area contributed by atoms with Gasteiger partial charge in [-0.25, -0.2) is 9.79 Å². The standard InChI is InChI=1S/C25H17N3O3S/c26-15-18-8-6-17(7-9-18)14-22-23(29)28(16-19-10-12-20(13-11-19)24(30)31)25(32-22)27-21-4-2-1-3-5-21/h1-14H,16H2,(H,30,31). The van der Waals surface area contributed by atoms with Gasteiger partial charge in [0.25, 0.3) is 5.91 Å². The zero-order valence-corrected chi connectivity index (χ0v) is 17.6. The van der Waals surface area contributed by atoms with Crippen LogP contribution in [0.15, 0.2) is 88.8 Å². The lowest BCUT2D eigenvalue weighted by Gasteiger charge is -2.16. The van der Waals surface area contributed by atoms with E-state index in [1.165, 1.54) is 23.9 Å². The zero-order valence-electron chi connectivity index (χ0n) is 16.8. The number of nitriles is 1. The molecule has 32 heavy (non-hydrogen) atoms. The number of rotatable bonds is 5. The van der Waals surface area contributed by atoms with E-state index >= 15 is 0 Å². The minimum absolute atomic E-state index is 0.184. The number of hydrogen-bond acceptors (Lipinski definition) is 5. The van der Waals surface area contributed by atoms with E-state index in [1.54, 1.807) is 47.4 Å². The number of aliphatic imine (C=N–C) groups is 1. The maximum absolute atomic E-state index is 13.2. The molecule has 1 aliphatic rings. The van der Waals surface area contributed by atoms with Gasteiger partial charge in [0.15, 0.2) is 5.17 Å². The summed E-state index contributed by atoms with van der Waals surface area (Å²) in [6.45, 7) is 0.266. The monoisotopic (exact) mass is 439 g/mol. The highest BCUT2D eigenvalue weighted by Crippen LogP contribution is 2.35. The molecule has 6 nitrogen and oxygen atoms in total. The highest BCUT2D eigenvalue weighted by Gasteiger charge is 2.33. The molecule has 1 N–H and O–H groups in total. The van der Waals surface area contributed by atoms with E-state index in [-0.39, 0.29) is 18.0 Å². The van der Waals surface area contributed by atoms with Crippen molar-refractivity contribution in [3.8, 4) is 6.07 Å². The fourth-order valence-corrected chi connectivity index (χ4v) is 4.08. The largest absolute Gasteiger partial charge is 0.478 e. The van der Waals surface area contributed by atoms with Crippen molar-refractivity contribution in [3.05, 3.63) is 106 Å². The van der Waals surface area contributed by atoms with Crippen molar-refractivity contribution < 1.29 is 14.7 Å². The van der Waals surface area contributed by atoms with Gasteiger partial charge in [-0.15, -0.1) is 0 Å². The predicted octanol–water partition coefficient (Wildman–Crippen LogP) is 5.06. The summed E-state index contributed by atoms with van der Waals surface area (Å²) in [5, 5.41) is 18.6. The van der Waals surface area contributed by atoms with E-state index in [9.17, 15) is 9.59 Å². The molecular formula is C25H17N3O3S. The Hall–Kier alpha value is -4.15. The number of thioether (sulfide) groups is 1. The molecule has 0 bridgehead atoms. The minimum Gasteiger partial charge on any atom is -0.478 e. The van der Waals surface area contributed by atoms with Crippen molar-refractivity contribution >= 4 is 40.6 Å². The number of nitrogens with zero attached hydrogens (tertiary/aromatic N) is 3. The average molecular weight is 439 g/mol. The van der Waals surface area contributed by atoms with Crippen LogP contribution in [0.4, 0.5) is 5.69 Å². The summed E-state index contributed by atoms with van der Waals surface area (Å²) >= 11 is 1.28. The van der Waals surface area contributed by atoms with Crippen molar-refractivity contribution in [1.29, 1.82) is 5.26 Å². The number of hydrogen-bond donors (Lipinski definition) is 1. The number of amides is 1. The van der Waals surface area contributed by atoms with E-state index in [4.69, 9.17) is 10.4 Å². The molecule has 156 valence electrons. The Balaban J connectivity index is 1.66. The maximum Gasteiger partial charge on any atom is 0.335 e. The molecular weight excluding hydrogens is 422 g/mol. The number of benzene rings is 3. The second-order valence-electron chi connectivity index (χ2n) is 6.97. The number of carbonyl (C=O) groups is 2. The molecule has 0 aromatic heterocycles. The lowest BCUT2D eigenvalue weighted by Crippen LogP contribution is -2.28. The van der Waals surface area contributed by atoms with Crippen LogP contribution >= 0.6 is 11.8 Å². The molecule has 0 unspecified atom stereocenters. The molecule has 1 heterocycles. The van der Waals surface area contributed by atoms with Crippen LogP contribution in [0, 0.1) is 11.3 Å². The molecule has 4 rings (SSSR count). The van der Waals surface area contributed by atoms with E-state index in [1.807, 2.05) is 30.3 Å². The van der Waals surface area contributed by atoms with Crippen LogP contribution in [0.25, 0.3) is 6.08 Å². The summed E-state index contributed by atoms with van der Waals surface area (Å²) < 4.78 is 0. The molecule has 0 spiro atoms. The molecule has 7 heteroatoms. The SMILES string of the molecule is N#Cc1ccc(C=C2SC(=Nc3ccccc3)N(Cc3ccc(C(=O)O)cc3)C2=O)cc1. The van der Waals surface area contributed by atoms with Crippen molar-refractivity contribution in [2.45, 2.75) is 6.54 Å². The number of amidine groups is 1. The summed E-state index contributed by atoms with van der Waals surface area (Å²) in [4.78, 5) is 31.1. The first-order valence-corrected chi connectivity index (χ1v) is 10.5. The fraction of sp³-hybridized carbons (Fsp3) is 0.0400. The van der Waals surface area contributed by atoms with Gasteiger partial charge >= 0.3 is 5.97 Å². The highest BCUT2D eigenvalue weighted by atomic mass is 32.2. The number of carbonyl (C=O) groups excluding carboxylic acids is 1. The minimum atomic E-state index is -0.997. The molecule has 0 atom stereocenters. The van der Waals surface area contributed by atoms with Gasteiger partial charge in [-0.1, -0.05) is 42.5 Å². The molecule has 1 saturated heterocycles. The second-order valence-corrected chi connectivity index (χ2v) is 7.98. The molecule has 1 amide bonds. The highest BCUT2D eigenvalue weighted by molar-refractivity contribution is 8.18. The number of carboxylic acid groups (broad SMARTS) is 1. The van der Waals surface area contributed by atoms with Crippen LogP contribution in [0.3, 0.4) is 0 Å². The Morgan fingerprint density at radius 2 is 1.72 bits per heavy atom. The maximum atomic E-state index is 13.2. The van der Waals surface area contributed by atoms with Gasteiger partial charge in [0.2, 0.25) is 0 Å². The predicted molar refractivity (Wildman–Crippen MR) is 124 cm³/mol. The van der Waals surface area contributed by atoms with Crippen LogP contribution < -0.4 is 0 Å². The van der Waals surface area contributed by atoms with Crippen LogP contribution in [-0.2, 0) is 11.3 Å². The summed E-state index contributed by atoms with van der Waals surface area (Å²) in [7, 11) is 0. The smallest absolute Gasteiger partial charge is 0.335 e. The normalized spacial score (nSPS) is 15.8. The fourth-order valence-electron chi connectivity index (χ4n) is 3.08. The van der Waals surface area contributed by atoms with Crippen LogP contribution in [-0.4, -0.2) is 27.1 Å². The van der Waals surface area contributed by atoms with Crippen molar-refractivity contribution in [2.75, 3.05) is 0 Å². The molecule has 1 fully saturated rings. The van der Waals surface area contributed by atoms with E-state index in [0.29, 0.717) is 15.6 Å². The van der Waals surface area contributed by atoms with Crippen molar-refractivity contribution in [1.82, 2.24) is 4.90 Å². The summed E-state index contributed by atoms with van der Waals surface area (Å²) in [5.41, 5.74) is 3.08. The Kier molecular flexibility index (Phi) is 6.15. The van der Waals surface area contributed by atoms with Crippen LogP contribution in [0.1, 0.15) is 27.0 Å². The molecule has 1 aliphatic heterocycles. The summed E-state index contributed by atoms with van der Waals surface area (Å²) in [6.07, 6.45) is 1.78. The lowest BCUT2D eigenvalue weighted by molar-refractivity contribution is -0.122. The quantitative estimate of drug-likeness (QED) is 0.561. The van der Waals surface area contributed by atoms with E-state index in [0.717, 1.165) is 16.8 Å². The van der Waals surface area contributed by atoms with E-state index in [2.05, 4.69) is 11.1 Å². The Labute approximate surface area is 189 Å². The van der Waals surface area contributed by atoms with Gasteiger partial charge < -0.3 is 5.11 Å². The van der Waals surface area contributed by atoms with Crippen molar-refractivity contribution in [3.63, 3.8) is 0 Å². The van der Waals surface area contributed by atoms with Gasteiger partial charge in [-0.05, 0) is 65.4 Å². The topological polar surface area (TPSA) is 93.8 Å². The summed E-state index contributed by atoms with van der Waals surface area (Å²) in [6, 6.07) is 24.9. The number of para-hydroxylation sites is 1. The molecule has 0 saturated carbocycles. The molecule has 3 aromatic carbocycles. The zero-order chi connectivity index (χ0) is 22.5. The van der Waals surface area contributed by atoms with Gasteiger partial charge in [0, 0.05) is 0 Å². The first kappa shape index (κ1) is 21.1. The van der Waals surface area contributed by atoms with Crippen LogP contribution in [0.2, 0.25) is 0 Å². The third-order valence-electron chi connectivity index (χ3n) is 4.75.